The number of fused-ring (bicyclic) bond motifs is 1. The Morgan fingerprint density at radius 2 is 1.91 bits per heavy atom. The molecule has 13 heteroatoms. The molecule has 250 valence electrons. The summed E-state index contributed by atoms with van der Waals surface area (Å²) in [4.78, 5) is 34.6. The standard InChI is InChI=1S/C33H45N5O7S/c1-23-18-38(24(2)21-39)33(41)28-17-27(35-46(42,43)31-20-36(4)22-34-31)14-15-29(28)45-25(3)11-9-10-16-44-30(23)19-37(5)32(40)26-12-7-6-8-13-26/h6-8,12-15,17,20,22-25,30,35,39H,9-11,16,18-19,21H2,1-5H3/t23-,24+,25-,30+/m1/s1. The second-order valence-electron chi connectivity index (χ2n) is 12.0. The number of amides is 2. The molecule has 1 aliphatic rings. The van der Waals surface area contributed by atoms with Crippen LogP contribution >= 0.6 is 0 Å². The highest BCUT2D eigenvalue weighted by molar-refractivity contribution is 7.92. The summed E-state index contributed by atoms with van der Waals surface area (Å²) in [5.41, 5.74) is 0.901. The number of hydrogen-bond acceptors (Lipinski definition) is 8. The molecule has 1 aromatic heterocycles. The summed E-state index contributed by atoms with van der Waals surface area (Å²) in [5, 5.41) is 10.0. The SMILES string of the molecule is C[C@@H]1CCCCO[C@@H](CN(C)C(=O)c2ccccc2)[C@H](C)CN([C@@H](C)CO)C(=O)c2cc(NS(=O)(=O)c3cn(C)cn3)ccc2O1. The third-order valence-corrected chi connectivity index (χ3v) is 9.35. The number of anilines is 1. The number of nitrogens with zero attached hydrogens (tertiary/aromatic N) is 4. The largest absolute Gasteiger partial charge is 0.490 e. The van der Waals surface area contributed by atoms with E-state index in [1.54, 1.807) is 55.1 Å². The van der Waals surface area contributed by atoms with Crippen molar-refractivity contribution in [3.05, 3.63) is 72.2 Å². The first kappa shape index (κ1) is 34.9. The summed E-state index contributed by atoms with van der Waals surface area (Å²) >= 11 is 0. The predicted octanol–water partition coefficient (Wildman–Crippen LogP) is 3.79. The van der Waals surface area contributed by atoms with Crippen molar-refractivity contribution in [2.45, 2.75) is 63.3 Å². The molecule has 1 aliphatic heterocycles. The van der Waals surface area contributed by atoms with E-state index in [9.17, 15) is 23.1 Å². The molecule has 0 fully saturated rings. The Hall–Kier alpha value is -3.94. The van der Waals surface area contributed by atoms with Crippen molar-refractivity contribution in [3.63, 3.8) is 0 Å². The van der Waals surface area contributed by atoms with Crippen molar-refractivity contribution < 1.29 is 32.6 Å². The number of carbonyl (C=O) groups is 2. The lowest BCUT2D eigenvalue weighted by Crippen LogP contribution is -2.48. The Kier molecular flexibility index (Phi) is 11.8. The summed E-state index contributed by atoms with van der Waals surface area (Å²) in [5.74, 6) is -0.479. The first-order valence-corrected chi connectivity index (χ1v) is 17.0. The molecule has 0 unspecified atom stereocenters. The van der Waals surface area contributed by atoms with Crippen LogP contribution in [-0.2, 0) is 21.8 Å². The average molecular weight is 656 g/mol. The van der Waals surface area contributed by atoms with E-state index in [2.05, 4.69) is 9.71 Å². The van der Waals surface area contributed by atoms with Gasteiger partial charge in [-0.3, -0.25) is 14.3 Å². The molecule has 4 rings (SSSR count). The molecule has 12 nitrogen and oxygen atoms in total. The monoisotopic (exact) mass is 655 g/mol. The van der Waals surface area contributed by atoms with Crippen LogP contribution in [0.3, 0.4) is 0 Å². The molecule has 0 spiro atoms. The minimum absolute atomic E-state index is 0.131. The maximum Gasteiger partial charge on any atom is 0.280 e. The minimum atomic E-state index is -4.02. The third kappa shape index (κ3) is 8.86. The lowest BCUT2D eigenvalue weighted by molar-refractivity contribution is -0.0149. The van der Waals surface area contributed by atoms with Gasteiger partial charge in [0.15, 0.2) is 5.03 Å². The number of aliphatic hydroxyl groups is 1. The molecular weight excluding hydrogens is 610 g/mol. The van der Waals surface area contributed by atoms with Crippen LogP contribution in [0.2, 0.25) is 0 Å². The van der Waals surface area contributed by atoms with Crippen LogP contribution < -0.4 is 9.46 Å². The number of sulfonamides is 1. The number of imidazole rings is 1. The summed E-state index contributed by atoms with van der Waals surface area (Å²) in [6.45, 7) is 6.31. The lowest BCUT2D eigenvalue weighted by Gasteiger charge is -2.36. The first-order chi connectivity index (χ1) is 21.9. The van der Waals surface area contributed by atoms with E-state index in [0.717, 1.165) is 12.8 Å². The van der Waals surface area contributed by atoms with Crippen molar-refractivity contribution in [1.82, 2.24) is 19.4 Å². The molecule has 3 aromatic rings. The molecule has 0 saturated carbocycles. The zero-order valence-corrected chi connectivity index (χ0v) is 27.9. The molecule has 2 amide bonds. The average Bonchev–Trinajstić information content (AvgIpc) is 3.49. The number of rotatable bonds is 8. The third-order valence-electron chi connectivity index (χ3n) is 8.08. The van der Waals surface area contributed by atoms with Gasteiger partial charge < -0.3 is 28.9 Å². The van der Waals surface area contributed by atoms with Crippen LogP contribution in [0.25, 0.3) is 0 Å². The molecule has 0 saturated heterocycles. The number of carbonyl (C=O) groups excluding carboxylic acids is 2. The van der Waals surface area contributed by atoms with Crippen molar-refractivity contribution in [1.29, 1.82) is 0 Å². The Balaban J connectivity index is 1.66. The highest BCUT2D eigenvalue weighted by atomic mass is 32.2. The number of benzene rings is 2. The Labute approximate surface area is 271 Å². The first-order valence-electron chi connectivity index (χ1n) is 15.5. The van der Waals surface area contributed by atoms with E-state index in [1.807, 2.05) is 32.0 Å². The van der Waals surface area contributed by atoms with Gasteiger partial charge in [0.05, 0.1) is 36.7 Å². The zero-order chi connectivity index (χ0) is 33.4. The number of nitrogens with one attached hydrogen (secondary N) is 1. The number of aromatic nitrogens is 2. The summed E-state index contributed by atoms with van der Waals surface area (Å²) < 4.78 is 42.7. The summed E-state index contributed by atoms with van der Waals surface area (Å²) in [7, 11) is -0.618. The molecule has 46 heavy (non-hydrogen) atoms. The van der Waals surface area contributed by atoms with Gasteiger partial charge in [-0.1, -0.05) is 25.1 Å². The molecule has 0 radical (unpaired) electrons. The van der Waals surface area contributed by atoms with Crippen LogP contribution in [-0.4, -0.2) is 96.3 Å². The van der Waals surface area contributed by atoms with Crippen LogP contribution in [0, 0.1) is 5.92 Å². The molecule has 4 atom stereocenters. The van der Waals surface area contributed by atoms with Crippen LogP contribution in [0.15, 0.2) is 66.1 Å². The fourth-order valence-electron chi connectivity index (χ4n) is 5.34. The van der Waals surface area contributed by atoms with Gasteiger partial charge in [-0.05, 0) is 63.4 Å². The van der Waals surface area contributed by atoms with Crippen LogP contribution in [0.1, 0.15) is 60.7 Å². The molecular formula is C33H45N5O7S. The molecule has 0 bridgehead atoms. The van der Waals surface area contributed by atoms with E-state index >= 15 is 0 Å². The normalized spacial score (nSPS) is 20.6. The van der Waals surface area contributed by atoms with Gasteiger partial charge in [-0.15, -0.1) is 0 Å². The van der Waals surface area contributed by atoms with Crippen molar-refractivity contribution in [2.24, 2.45) is 13.0 Å². The van der Waals surface area contributed by atoms with Gasteiger partial charge in [0.2, 0.25) is 0 Å². The number of hydrogen-bond donors (Lipinski definition) is 2. The molecule has 2 heterocycles. The van der Waals surface area contributed by atoms with E-state index in [4.69, 9.17) is 9.47 Å². The van der Waals surface area contributed by atoms with Gasteiger partial charge in [-0.2, -0.15) is 8.42 Å². The maximum atomic E-state index is 14.3. The Morgan fingerprint density at radius 3 is 2.59 bits per heavy atom. The Morgan fingerprint density at radius 1 is 1.17 bits per heavy atom. The van der Waals surface area contributed by atoms with Gasteiger partial charge in [-0.25, -0.2) is 4.98 Å². The van der Waals surface area contributed by atoms with Gasteiger partial charge in [0.25, 0.3) is 21.8 Å². The fraction of sp³-hybridized carbons (Fsp3) is 0.485. The molecule has 2 aromatic carbocycles. The van der Waals surface area contributed by atoms with Gasteiger partial charge >= 0.3 is 0 Å². The summed E-state index contributed by atoms with van der Waals surface area (Å²) in [6, 6.07) is 13.1. The van der Waals surface area contributed by atoms with E-state index in [0.29, 0.717) is 30.9 Å². The number of ether oxygens (including phenoxy) is 2. The number of aryl methyl sites for hydroxylation is 1. The van der Waals surface area contributed by atoms with Crippen molar-refractivity contribution >= 4 is 27.5 Å². The van der Waals surface area contributed by atoms with E-state index in [1.165, 1.54) is 23.2 Å². The van der Waals surface area contributed by atoms with Crippen molar-refractivity contribution in [2.75, 3.05) is 38.1 Å². The second-order valence-corrected chi connectivity index (χ2v) is 13.7. The smallest absolute Gasteiger partial charge is 0.280 e. The predicted molar refractivity (Wildman–Crippen MR) is 174 cm³/mol. The highest BCUT2D eigenvalue weighted by Crippen LogP contribution is 2.29. The van der Waals surface area contributed by atoms with Crippen LogP contribution in [0.4, 0.5) is 5.69 Å². The highest BCUT2D eigenvalue weighted by Gasteiger charge is 2.31. The second kappa shape index (κ2) is 15.6. The van der Waals surface area contributed by atoms with E-state index < -0.39 is 28.1 Å². The summed E-state index contributed by atoms with van der Waals surface area (Å²) in [6.07, 6.45) is 4.44. The fourth-order valence-corrected chi connectivity index (χ4v) is 6.37. The van der Waals surface area contributed by atoms with Crippen molar-refractivity contribution in [3.8, 4) is 5.75 Å². The van der Waals surface area contributed by atoms with E-state index in [-0.39, 0.29) is 47.4 Å². The molecule has 2 N–H and O–H groups in total. The van der Waals surface area contributed by atoms with Gasteiger partial charge in [0.1, 0.15) is 5.75 Å². The number of likely N-dealkylation sites (N-methyl/N-ethyl adjacent to an activating group) is 1. The molecule has 0 aliphatic carbocycles. The Bertz CT molecular complexity index is 1580. The van der Waals surface area contributed by atoms with Crippen LogP contribution in [0.5, 0.6) is 5.75 Å². The minimum Gasteiger partial charge on any atom is -0.490 e. The zero-order valence-electron chi connectivity index (χ0n) is 27.1. The topological polar surface area (TPSA) is 143 Å². The maximum absolute atomic E-state index is 14.3. The van der Waals surface area contributed by atoms with Gasteiger partial charge in [0, 0.05) is 57.2 Å². The quantitative estimate of drug-likeness (QED) is 0.373. The lowest BCUT2D eigenvalue weighted by atomic mass is 10.0. The number of aliphatic hydroxyl groups excluding tert-OH is 1.